The maximum absolute atomic E-state index is 12.6. The summed E-state index contributed by atoms with van der Waals surface area (Å²) in [7, 11) is 0. The molecule has 0 radical (unpaired) electrons. The molecule has 2 heterocycles. The third-order valence-electron chi connectivity index (χ3n) is 3.38. The number of nitrogens with one attached hydrogen (secondary N) is 1. The number of nitrogens with zero attached hydrogens (tertiary/aromatic N) is 1. The van der Waals surface area contributed by atoms with Gasteiger partial charge >= 0.3 is 0 Å². The predicted octanol–water partition coefficient (Wildman–Crippen LogP) is 4.73. The highest BCUT2D eigenvalue weighted by molar-refractivity contribution is 7.99. The molecule has 0 aliphatic carbocycles. The Morgan fingerprint density at radius 2 is 2.13 bits per heavy atom. The molecular weight excluding hydrogens is 324 g/mol. The summed E-state index contributed by atoms with van der Waals surface area (Å²) in [5.41, 5.74) is 1.60. The van der Waals surface area contributed by atoms with E-state index in [-0.39, 0.29) is 5.91 Å². The number of fused-ring (bicyclic) bond motifs is 1. The standard InChI is InChI=1S/C18H18N2OS2/c1-2-9-23-18-15(11-13-6-3-4-8-16(13)20-18)17(21)19-12-14-7-5-10-22-14/h3-8,10-11H,2,9,12H2,1H3,(H,19,21). The van der Waals surface area contributed by atoms with Crippen molar-refractivity contribution in [3.63, 3.8) is 0 Å². The number of benzene rings is 1. The number of carbonyl (C=O) groups excluding carboxylic acids is 1. The molecule has 0 fully saturated rings. The lowest BCUT2D eigenvalue weighted by atomic mass is 10.1. The van der Waals surface area contributed by atoms with Gasteiger partial charge in [-0.15, -0.1) is 23.1 Å². The normalized spacial score (nSPS) is 10.8. The molecule has 0 aliphatic heterocycles. The van der Waals surface area contributed by atoms with Crippen LogP contribution < -0.4 is 5.32 Å². The Kier molecular flexibility index (Phi) is 5.31. The maximum Gasteiger partial charge on any atom is 0.254 e. The van der Waals surface area contributed by atoms with E-state index in [9.17, 15) is 4.79 Å². The highest BCUT2D eigenvalue weighted by atomic mass is 32.2. The first-order valence-electron chi connectivity index (χ1n) is 7.61. The van der Waals surface area contributed by atoms with Gasteiger partial charge in [0.25, 0.3) is 5.91 Å². The van der Waals surface area contributed by atoms with E-state index in [0.29, 0.717) is 12.1 Å². The fourth-order valence-electron chi connectivity index (χ4n) is 2.25. The highest BCUT2D eigenvalue weighted by Crippen LogP contribution is 2.25. The first-order valence-corrected chi connectivity index (χ1v) is 9.47. The lowest BCUT2D eigenvalue weighted by Gasteiger charge is -2.10. The summed E-state index contributed by atoms with van der Waals surface area (Å²) in [6.45, 7) is 2.69. The molecule has 0 aliphatic rings. The summed E-state index contributed by atoms with van der Waals surface area (Å²) in [6, 6.07) is 13.9. The number of hydrogen-bond donors (Lipinski definition) is 1. The average molecular weight is 342 g/mol. The van der Waals surface area contributed by atoms with Crippen molar-refractivity contribution in [1.29, 1.82) is 0 Å². The Morgan fingerprint density at radius 3 is 2.91 bits per heavy atom. The number of thioether (sulfide) groups is 1. The first kappa shape index (κ1) is 16.0. The van der Waals surface area contributed by atoms with Crippen LogP contribution in [0.3, 0.4) is 0 Å². The van der Waals surface area contributed by atoms with Crippen LogP contribution in [0.25, 0.3) is 10.9 Å². The van der Waals surface area contributed by atoms with Crippen molar-refractivity contribution in [1.82, 2.24) is 10.3 Å². The van der Waals surface area contributed by atoms with Crippen molar-refractivity contribution < 1.29 is 4.79 Å². The van der Waals surface area contributed by atoms with Crippen molar-refractivity contribution in [3.8, 4) is 0 Å². The number of amides is 1. The molecule has 0 unspecified atom stereocenters. The highest BCUT2D eigenvalue weighted by Gasteiger charge is 2.14. The van der Waals surface area contributed by atoms with E-state index in [1.54, 1.807) is 23.1 Å². The molecule has 0 saturated heterocycles. The van der Waals surface area contributed by atoms with Gasteiger partial charge in [0, 0.05) is 10.3 Å². The van der Waals surface area contributed by atoms with Crippen molar-refractivity contribution in [2.24, 2.45) is 0 Å². The predicted molar refractivity (Wildman–Crippen MR) is 98.2 cm³/mol. The number of rotatable bonds is 6. The lowest BCUT2D eigenvalue weighted by Crippen LogP contribution is -2.23. The van der Waals surface area contributed by atoms with E-state index in [2.05, 4.69) is 17.2 Å². The number of aromatic nitrogens is 1. The average Bonchev–Trinajstić information content (AvgIpc) is 3.10. The van der Waals surface area contributed by atoms with Crippen molar-refractivity contribution in [2.75, 3.05) is 5.75 Å². The molecule has 3 aromatic rings. The Labute approximate surface area is 144 Å². The van der Waals surface area contributed by atoms with Crippen LogP contribution in [0.2, 0.25) is 0 Å². The molecule has 1 amide bonds. The molecule has 5 heteroatoms. The SMILES string of the molecule is CCCSc1nc2ccccc2cc1C(=O)NCc1cccs1. The van der Waals surface area contributed by atoms with Gasteiger partial charge in [-0.05, 0) is 35.8 Å². The fraction of sp³-hybridized carbons (Fsp3) is 0.222. The molecule has 3 nitrogen and oxygen atoms in total. The van der Waals surface area contributed by atoms with Crippen LogP contribution in [0.5, 0.6) is 0 Å². The van der Waals surface area contributed by atoms with Gasteiger partial charge in [-0.3, -0.25) is 4.79 Å². The molecule has 0 bridgehead atoms. The molecule has 1 aromatic carbocycles. The maximum atomic E-state index is 12.6. The number of thiophene rings is 1. The molecule has 0 spiro atoms. The van der Waals surface area contributed by atoms with E-state index in [4.69, 9.17) is 0 Å². The zero-order valence-corrected chi connectivity index (χ0v) is 14.5. The molecule has 1 N–H and O–H groups in total. The largest absolute Gasteiger partial charge is 0.347 e. The van der Waals surface area contributed by atoms with Crippen LogP contribution in [0, 0.1) is 0 Å². The Bertz CT molecular complexity index is 800. The van der Waals surface area contributed by atoms with E-state index in [1.165, 1.54) is 0 Å². The van der Waals surface area contributed by atoms with Gasteiger partial charge in [0.2, 0.25) is 0 Å². The topological polar surface area (TPSA) is 42.0 Å². The zero-order valence-electron chi connectivity index (χ0n) is 12.9. The summed E-state index contributed by atoms with van der Waals surface area (Å²) < 4.78 is 0. The minimum atomic E-state index is -0.0599. The molecule has 3 rings (SSSR count). The van der Waals surface area contributed by atoms with E-state index in [1.807, 2.05) is 47.8 Å². The Hall–Kier alpha value is -1.85. The molecule has 0 atom stereocenters. The smallest absolute Gasteiger partial charge is 0.254 e. The quantitative estimate of drug-likeness (QED) is 0.659. The summed E-state index contributed by atoms with van der Waals surface area (Å²) in [5, 5.41) is 6.83. The first-order chi connectivity index (χ1) is 11.3. The van der Waals surface area contributed by atoms with Crippen LogP contribution in [0.1, 0.15) is 28.6 Å². The van der Waals surface area contributed by atoms with Gasteiger partial charge < -0.3 is 5.32 Å². The van der Waals surface area contributed by atoms with Gasteiger partial charge in [0.05, 0.1) is 17.6 Å². The van der Waals surface area contributed by atoms with Gasteiger partial charge in [-0.1, -0.05) is 31.2 Å². The monoisotopic (exact) mass is 342 g/mol. The molecular formula is C18H18N2OS2. The van der Waals surface area contributed by atoms with Gasteiger partial charge in [-0.2, -0.15) is 0 Å². The minimum Gasteiger partial charge on any atom is -0.347 e. The van der Waals surface area contributed by atoms with Gasteiger partial charge in [0.1, 0.15) is 5.03 Å². The summed E-state index contributed by atoms with van der Waals surface area (Å²) >= 11 is 3.29. The minimum absolute atomic E-state index is 0.0599. The van der Waals surface area contributed by atoms with E-state index >= 15 is 0 Å². The Morgan fingerprint density at radius 1 is 1.26 bits per heavy atom. The van der Waals surface area contributed by atoms with Crippen LogP contribution >= 0.6 is 23.1 Å². The molecule has 118 valence electrons. The third-order valence-corrected chi connectivity index (χ3v) is 5.45. The van der Waals surface area contributed by atoms with Crippen molar-refractivity contribution >= 4 is 39.9 Å². The second-order valence-electron chi connectivity index (χ2n) is 5.14. The summed E-state index contributed by atoms with van der Waals surface area (Å²) in [5.74, 6) is 0.895. The van der Waals surface area contributed by atoms with E-state index < -0.39 is 0 Å². The summed E-state index contributed by atoms with van der Waals surface area (Å²) in [4.78, 5) is 18.4. The third kappa shape index (κ3) is 3.92. The zero-order chi connectivity index (χ0) is 16.1. The lowest BCUT2D eigenvalue weighted by molar-refractivity contribution is 0.0948. The number of hydrogen-bond acceptors (Lipinski definition) is 4. The Balaban J connectivity index is 1.88. The van der Waals surface area contributed by atoms with Crippen molar-refractivity contribution in [3.05, 3.63) is 58.3 Å². The van der Waals surface area contributed by atoms with Gasteiger partial charge in [0.15, 0.2) is 0 Å². The number of para-hydroxylation sites is 1. The fourth-order valence-corrected chi connectivity index (χ4v) is 3.76. The molecule has 2 aromatic heterocycles. The van der Waals surface area contributed by atoms with Crippen LogP contribution in [0.4, 0.5) is 0 Å². The second-order valence-corrected chi connectivity index (χ2v) is 7.26. The number of pyridine rings is 1. The number of carbonyl (C=O) groups is 1. The molecule has 0 saturated carbocycles. The summed E-state index contributed by atoms with van der Waals surface area (Å²) in [6.07, 6.45) is 1.05. The van der Waals surface area contributed by atoms with E-state index in [0.717, 1.165) is 33.0 Å². The van der Waals surface area contributed by atoms with Crippen molar-refractivity contribution in [2.45, 2.75) is 24.9 Å². The second kappa shape index (κ2) is 7.62. The van der Waals surface area contributed by atoms with Gasteiger partial charge in [-0.25, -0.2) is 4.98 Å². The molecule has 23 heavy (non-hydrogen) atoms. The van der Waals surface area contributed by atoms with Crippen LogP contribution in [0.15, 0.2) is 52.9 Å². The van der Waals surface area contributed by atoms with Crippen LogP contribution in [-0.2, 0) is 6.54 Å². The van der Waals surface area contributed by atoms with Crippen LogP contribution in [-0.4, -0.2) is 16.6 Å².